The Labute approximate surface area is 164 Å². The number of rotatable bonds is 8. The van der Waals surface area contributed by atoms with Gasteiger partial charge in [-0.25, -0.2) is 0 Å². The molecular weight excluding hydrogens is 352 g/mol. The molecule has 3 rings (SSSR count). The lowest BCUT2D eigenvalue weighted by atomic mass is 10.1. The smallest absolute Gasteiger partial charge is 0.253 e. The minimum atomic E-state index is -0.282. The summed E-state index contributed by atoms with van der Waals surface area (Å²) in [5.41, 5.74) is 2.86. The van der Waals surface area contributed by atoms with E-state index in [0.717, 1.165) is 18.4 Å². The molecule has 28 heavy (non-hydrogen) atoms. The number of carbonyl (C=O) groups excluding carboxylic acids is 2. The van der Waals surface area contributed by atoms with Gasteiger partial charge in [-0.3, -0.25) is 19.6 Å². The van der Waals surface area contributed by atoms with Crippen LogP contribution in [0.25, 0.3) is 0 Å². The highest BCUT2D eigenvalue weighted by Crippen LogP contribution is 2.05. The quantitative estimate of drug-likeness (QED) is 0.594. The standard InChI is InChI=1S/C22H22N4O2/c27-21(25-11-5-8-17-6-2-1-3-7-17)19-12-20(16-24-15-19)22(28)26-14-18-9-4-10-23-13-18/h1-4,6-7,9-10,12-13,15-16H,5,8,11,14H2,(H,25,27)(H,26,28). The lowest BCUT2D eigenvalue weighted by Crippen LogP contribution is -2.26. The highest BCUT2D eigenvalue weighted by molar-refractivity contribution is 5.99. The van der Waals surface area contributed by atoms with Crippen LogP contribution in [0, 0.1) is 0 Å². The summed E-state index contributed by atoms with van der Waals surface area (Å²) < 4.78 is 0. The first-order valence-electron chi connectivity index (χ1n) is 9.16. The molecule has 0 atom stereocenters. The Morgan fingerprint density at radius 2 is 1.50 bits per heavy atom. The maximum Gasteiger partial charge on any atom is 0.253 e. The van der Waals surface area contributed by atoms with Crippen LogP contribution in [0.1, 0.15) is 38.3 Å². The number of aromatic nitrogens is 2. The van der Waals surface area contributed by atoms with Crippen LogP contribution in [-0.4, -0.2) is 28.3 Å². The van der Waals surface area contributed by atoms with Gasteiger partial charge in [-0.1, -0.05) is 36.4 Å². The van der Waals surface area contributed by atoms with Crippen LogP contribution in [-0.2, 0) is 13.0 Å². The van der Waals surface area contributed by atoms with Crippen molar-refractivity contribution in [1.29, 1.82) is 0 Å². The van der Waals surface area contributed by atoms with Gasteiger partial charge < -0.3 is 10.6 Å². The van der Waals surface area contributed by atoms with Gasteiger partial charge in [0.15, 0.2) is 0 Å². The fourth-order valence-electron chi connectivity index (χ4n) is 2.72. The summed E-state index contributed by atoms with van der Waals surface area (Å²) in [5.74, 6) is -0.516. The average Bonchev–Trinajstić information content (AvgIpc) is 2.76. The van der Waals surface area contributed by atoms with Crippen LogP contribution in [0.2, 0.25) is 0 Å². The summed E-state index contributed by atoms with van der Waals surface area (Å²) in [7, 11) is 0. The minimum Gasteiger partial charge on any atom is -0.352 e. The monoisotopic (exact) mass is 374 g/mol. The van der Waals surface area contributed by atoms with E-state index in [9.17, 15) is 9.59 Å². The number of pyridine rings is 2. The van der Waals surface area contributed by atoms with E-state index in [1.807, 2.05) is 30.3 Å². The molecule has 1 aromatic carbocycles. The topological polar surface area (TPSA) is 84.0 Å². The van der Waals surface area contributed by atoms with Gasteiger partial charge in [0.2, 0.25) is 0 Å². The molecule has 2 heterocycles. The molecule has 0 bridgehead atoms. The molecule has 3 aromatic rings. The van der Waals surface area contributed by atoms with E-state index in [-0.39, 0.29) is 11.8 Å². The summed E-state index contributed by atoms with van der Waals surface area (Å²) >= 11 is 0. The minimum absolute atomic E-state index is 0.234. The molecule has 2 N–H and O–H groups in total. The number of benzene rings is 1. The normalized spacial score (nSPS) is 10.3. The van der Waals surface area contributed by atoms with E-state index in [4.69, 9.17) is 0 Å². The maximum atomic E-state index is 12.3. The number of nitrogens with one attached hydrogen (secondary N) is 2. The Morgan fingerprint density at radius 1 is 0.786 bits per heavy atom. The van der Waals surface area contributed by atoms with Gasteiger partial charge in [-0.05, 0) is 36.1 Å². The average molecular weight is 374 g/mol. The summed E-state index contributed by atoms with van der Waals surface area (Å²) in [6.07, 6.45) is 8.02. The van der Waals surface area contributed by atoms with Crippen molar-refractivity contribution in [3.8, 4) is 0 Å². The lowest BCUT2D eigenvalue weighted by Gasteiger charge is -2.08. The molecule has 0 saturated carbocycles. The molecule has 2 amide bonds. The Balaban J connectivity index is 1.49. The predicted octanol–water partition coefficient (Wildman–Crippen LogP) is 2.77. The zero-order valence-corrected chi connectivity index (χ0v) is 15.5. The van der Waals surface area contributed by atoms with Crippen molar-refractivity contribution in [1.82, 2.24) is 20.6 Å². The van der Waals surface area contributed by atoms with Gasteiger partial charge in [0.05, 0.1) is 11.1 Å². The van der Waals surface area contributed by atoms with Crippen molar-refractivity contribution in [2.24, 2.45) is 0 Å². The lowest BCUT2D eigenvalue weighted by molar-refractivity contribution is 0.0950. The van der Waals surface area contributed by atoms with Crippen LogP contribution < -0.4 is 10.6 Å². The third-order valence-electron chi connectivity index (χ3n) is 4.21. The first-order valence-corrected chi connectivity index (χ1v) is 9.16. The number of aryl methyl sites for hydroxylation is 1. The first-order chi connectivity index (χ1) is 13.7. The Kier molecular flexibility index (Phi) is 6.84. The van der Waals surface area contributed by atoms with Gasteiger partial charge in [0, 0.05) is 37.9 Å². The molecule has 0 fully saturated rings. The molecule has 0 aliphatic carbocycles. The fraction of sp³-hybridized carbons (Fsp3) is 0.182. The van der Waals surface area contributed by atoms with Gasteiger partial charge >= 0.3 is 0 Å². The van der Waals surface area contributed by atoms with Crippen molar-refractivity contribution >= 4 is 11.8 Å². The fourth-order valence-corrected chi connectivity index (χ4v) is 2.72. The van der Waals surface area contributed by atoms with Gasteiger partial charge in [0.25, 0.3) is 11.8 Å². The van der Waals surface area contributed by atoms with E-state index in [0.29, 0.717) is 24.2 Å². The second kappa shape index (κ2) is 9.97. The molecule has 0 aliphatic rings. The molecular formula is C22H22N4O2. The molecule has 142 valence electrons. The van der Waals surface area contributed by atoms with Gasteiger partial charge in [-0.15, -0.1) is 0 Å². The highest BCUT2D eigenvalue weighted by Gasteiger charge is 2.11. The zero-order valence-electron chi connectivity index (χ0n) is 15.5. The van der Waals surface area contributed by atoms with Crippen molar-refractivity contribution < 1.29 is 9.59 Å². The van der Waals surface area contributed by atoms with Crippen molar-refractivity contribution in [3.05, 3.63) is 95.6 Å². The van der Waals surface area contributed by atoms with E-state index < -0.39 is 0 Å². The Morgan fingerprint density at radius 3 is 2.21 bits per heavy atom. The number of amides is 2. The summed E-state index contributed by atoms with van der Waals surface area (Å²) in [4.78, 5) is 32.7. The van der Waals surface area contributed by atoms with Crippen LogP contribution in [0.5, 0.6) is 0 Å². The molecule has 0 unspecified atom stereocenters. The highest BCUT2D eigenvalue weighted by atomic mass is 16.2. The Hall–Kier alpha value is -3.54. The first kappa shape index (κ1) is 19.2. The second-order valence-corrected chi connectivity index (χ2v) is 6.35. The molecule has 6 heteroatoms. The molecule has 0 radical (unpaired) electrons. The number of hydrogen-bond acceptors (Lipinski definition) is 4. The van der Waals surface area contributed by atoms with E-state index in [2.05, 4.69) is 32.7 Å². The SMILES string of the molecule is O=C(NCCCc1ccccc1)c1cncc(C(=O)NCc2cccnc2)c1. The zero-order chi connectivity index (χ0) is 19.6. The predicted molar refractivity (Wildman–Crippen MR) is 107 cm³/mol. The second-order valence-electron chi connectivity index (χ2n) is 6.35. The maximum absolute atomic E-state index is 12.3. The third kappa shape index (κ3) is 5.74. The number of hydrogen-bond donors (Lipinski definition) is 2. The summed E-state index contributed by atoms with van der Waals surface area (Å²) in [5, 5.41) is 5.68. The number of carbonyl (C=O) groups is 2. The van der Waals surface area contributed by atoms with Crippen LogP contribution in [0.3, 0.4) is 0 Å². The van der Waals surface area contributed by atoms with Crippen molar-refractivity contribution in [2.75, 3.05) is 6.54 Å². The largest absolute Gasteiger partial charge is 0.352 e. The van der Waals surface area contributed by atoms with E-state index in [1.165, 1.54) is 18.0 Å². The van der Waals surface area contributed by atoms with E-state index >= 15 is 0 Å². The molecule has 6 nitrogen and oxygen atoms in total. The van der Waals surface area contributed by atoms with Crippen LogP contribution >= 0.6 is 0 Å². The van der Waals surface area contributed by atoms with Crippen LogP contribution in [0.15, 0.2) is 73.3 Å². The van der Waals surface area contributed by atoms with Crippen molar-refractivity contribution in [3.63, 3.8) is 0 Å². The molecule has 0 saturated heterocycles. The number of nitrogens with zero attached hydrogens (tertiary/aromatic N) is 2. The van der Waals surface area contributed by atoms with Crippen molar-refractivity contribution in [2.45, 2.75) is 19.4 Å². The van der Waals surface area contributed by atoms with E-state index in [1.54, 1.807) is 18.5 Å². The Bertz CT molecular complexity index is 914. The summed E-state index contributed by atoms with van der Waals surface area (Å²) in [6, 6.07) is 15.4. The van der Waals surface area contributed by atoms with Crippen LogP contribution in [0.4, 0.5) is 0 Å². The molecule has 0 spiro atoms. The summed E-state index contributed by atoms with van der Waals surface area (Å²) in [6.45, 7) is 0.924. The third-order valence-corrected chi connectivity index (χ3v) is 4.21. The van der Waals surface area contributed by atoms with Gasteiger partial charge in [-0.2, -0.15) is 0 Å². The molecule has 2 aromatic heterocycles. The molecule has 0 aliphatic heterocycles. The van der Waals surface area contributed by atoms with Gasteiger partial charge in [0.1, 0.15) is 0 Å².